The minimum absolute atomic E-state index is 0.604. The summed E-state index contributed by atoms with van der Waals surface area (Å²) in [6.45, 7) is 0. The van der Waals surface area contributed by atoms with Gasteiger partial charge in [-0.3, -0.25) is 5.10 Å². The predicted molar refractivity (Wildman–Crippen MR) is 38.2 cm³/mol. The van der Waals surface area contributed by atoms with Crippen molar-refractivity contribution in [3.8, 4) is 0 Å². The monoisotopic (exact) mass is 152 g/mol. The molecule has 0 aliphatic rings. The molecule has 0 atom stereocenters. The molecular weight excluding hydrogens is 148 g/mol. The molecule has 50 valence electrons. The normalized spacial score (nSPS) is 10.4. The first-order valence-electron chi connectivity index (χ1n) is 2.75. The molecule has 5 heteroatoms. The zero-order valence-electron chi connectivity index (χ0n) is 4.98. The first-order valence-corrected chi connectivity index (χ1v) is 3.16. The molecule has 2 rings (SSSR count). The van der Waals surface area contributed by atoms with Crippen molar-refractivity contribution in [1.29, 1.82) is 0 Å². The average molecular weight is 152 g/mol. The van der Waals surface area contributed by atoms with Crippen molar-refractivity contribution in [2.24, 2.45) is 0 Å². The second kappa shape index (κ2) is 1.88. The van der Waals surface area contributed by atoms with E-state index < -0.39 is 0 Å². The average Bonchev–Trinajstić information content (AvgIpc) is 2.36. The number of aromatic nitrogens is 4. The molecule has 2 aromatic rings. The maximum atomic E-state index is 4.96. The Hall–Kier alpha value is -1.23. The van der Waals surface area contributed by atoms with Gasteiger partial charge in [0.25, 0.3) is 5.78 Å². The highest BCUT2D eigenvalue weighted by atomic mass is 32.1. The lowest BCUT2D eigenvalue weighted by Gasteiger charge is -1.87. The number of aromatic amines is 1. The van der Waals surface area contributed by atoms with Crippen LogP contribution in [0, 0.1) is 4.64 Å². The van der Waals surface area contributed by atoms with Gasteiger partial charge in [0.1, 0.15) is 11.0 Å². The number of rotatable bonds is 0. The lowest BCUT2D eigenvalue weighted by Crippen LogP contribution is -1.89. The van der Waals surface area contributed by atoms with Crippen LogP contribution in [0.15, 0.2) is 18.6 Å². The molecule has 0 spiro atoms. The van der Waals surface area contributed by atoms with E-state index >= 15 is 0 Å². The van der Waals surface area contributed by atoms with Gasteiger partial charge in [0.15, 0.2) is 0 Å². The van der Waals surface area contributed by atoms with Crippen molar-refractivity contribution in [3.05, 3.63) is 23.2 Å². The summed E-state index contributed by atoms with van der Waals surface area (Å²) in [6.07, 6.45) is 3.19. The third-order valence-corrected chi connectivity index (χ3v) is 1.51. The molecule has 0 saturated carbocycles. The second-order valence-corrected chi connectivity index (χ2v) is 2.22. The third kappa shape index (κ3) is 0.640. The van der Waals surface area contributed by atoms with Crippen LogP contribution in [0.3, 0.4) is 0 Å². The fourth-order valence-electron chi connectivity index (χ4n) is 0.755. The molecule has 0 bridgehead atoms. The lowest BCUT2D eigenvalue weighted by molar-refractivity contribution is 0.924. The predicted octanol–water partition coefficient (Wildman–Crippen LogP) is 0.787. The van der Waals surface area contributed by atoms with Gasteiger partial charge in [0, 0.05) is 6.20 Å². The number of fused-ring (bicyclic) bond motifs is 1. The summed E-state index contributed by atoms with van der Waals surface area (Å²) in [7, 11) is 0. The van der Waals surface area contributed by atoms with Gasteiger partial charge in [-0.15, -0.1) is 0 Å². The molecule has 1 N–H and O–H groups in total. The minimum Gasteiger partial charge on any atom is -0.280 e. The number of nitrogens with zero attached hydrogens (tertiary/aromatic N) is 3. The summed E-state index contributed by atoms with van der Waals surface area (Å²) in [5, 5.41) is 2.83. The molecule has 4 nitrogen and oxygen atoms in total. The molecule has 0 saturated heterocycles. The van der Waals surface area contributed by atoms with Crippen molar-refractivity contribution < 1.29 is 0 Å². The van der Waals surface area contributed by atoms with Crippen LogP contribution in [0.2, 0.25) is 0 Å². The van der Waals surface area contributed by atoms with Crippen molar-refractivity contribution >= 4 is 18.0 Å². The van der Waals surface area contributed by atoms with Gasteiger partial charge in [-0.1, -0.05) is 12.2 Å². The maximum Gasteiger partial charge on any atom is 0.251 e. The summed E-state index contributed by atoms with van der Waals surface area (Å²) in [5.74, 6) is 0.604. The Morgan fingerprint density at radius 3 is 3.20 bits per heavy atom. The molecule has 0 amide bonds. The van der Waals surface area contributed by atoms with Crippen LogP contribution < -0.4 is 0 Å². The smallest absolute Gasteiger partial charge is 0.251 e. The van der Waals surface area contributed by atoms with Crippen molar-refractivity contribution in [3.63, 3.8) is 0 Å². The number of hydrogen-bond acceptors (Lipinski definition) is 3. The van der Waals surface area contributed by atoms with Crippen LogP contribution >= 0.6 is 12.2 Å². The van der Waals surface area contributed by atoms with Gasteiger partial charge in [-0.25, -0.2) is 14.5 Å². The Bertz CT molecular complexity index is 401. The van der Waals surface area contributed by atoms with E-state index in [4.69, 9.17) is 12.2 Å². The molecule has 2 heterocycles. The topological polar surface area (TPSA) is 46.0 Å². The largest absolute Gasteiger partial charge is 0.280 e. The fraction of sp³-hybridized carbons (Fsp3) is 0. The molecule has 0 aliphatic heterocycles. The highest BCUT2D eigenvalue weighted by Gasteiger charge is 1.91. The minimum atomic E-state index is 0.604. The molecule has 2 aromatic heterocycles. The van der Waals surface area contributed by atoms with Gasteiger partial charge in [-0.05, 0) is 6.07 Å². The van der Waals surface area contributed by atoms with E-state index in [2.05, 4.69) is 15.1 Å². The Balaban J connectivity index is 3.09. The second-order valence-electron chi connectivity index (χ2n) is 1.81. The van der Waals surface area contributed by atoms with Gasteiger partial charge >= 0.3 is 0 Å². The zero-order chi connectivity index (χ0) is 6.97. The van der Waals surface area contributed by atoms with Crippen LogP contribution in [-0.2, 0) is 0 Å². The quantitative estimate of drug-likeness (QED) is 0.567. The molecule has 0 unspecified atom stereocenters. The van der Waals surface area contributed by atoms with Crippen LogP contribution in [0.4, 0.5) is 0 Å². The van der Waals surface area contributed by atoms with Crippen LogP contribution in [0.1, 0.15) is 0 Å². The Morgan fingerprint density at radius 1 is 1.50 bits per heavy atom. The van der Waals surface area contributed by atoms with Crippen LogP contribution in [0.5, 0.6) is 0 Å². The molecule has 0 radical (unpaired) electrons. The highest BCUT2D eigenvalue weighted by Crippen LogP contribution is 1.92. The van der Waals surface area contributed by atoms with Gasteiger partial charge < -0.3 is 0 Å². The number of H-pyrrole nitrogens is 1. The van der Waals surface area contributed by atoms with Crippen molar-refractivity contribution in [2.75, 3.05) is 0 Å². The molecule has 0 fully saturated rings. The van der Waals surface area contributed by atoms with Crippen LogP contribution in [-0.4, -0.2) is 19.6 Å². The first-order chi connectivity index (χ1) is 4.88. The fourth-order valence-corrected chi connectivity index (χ4v) is 0.951. The number of hydrogen-bond donors (Lipinski definition) is 1. The van der Waals surface area contributed by atoms with E-state index in [-0.39, 0.29) is 0 Å². The molecule has 0 aromatic carbocycles. The van der Waals surface area contributed by atoms with Gasteiger partial charge in [0.2, 0.25) is 0 Å². The van der Waals surface area contributed by atoms with Gasteiger partial charge in [0.05, 0.1) is 0 Å². The first kappa shape index (κ1) is 5.55. The summed E-state index contributed by atoms with van der Waals surface area (Å²) in [5.41, 5.74) is 0. The lowest BCUT2D eigenvalue weighted by atomic mass is 10.7. The Morgan fingerprint density at radius 2 is 2.40 bits per heavy atom. The third-order valence-electron chi connectivity index (χ3n) is 1.19. The standard InChI is InChI=1S/C5H4N4S/c10-4-1-2-6-5-7-3-8-9(4)5/h1-3H,(H,6,7,8). The molecule has 0 aliphatic carbocycles. The van der Waals surface area contributed by atoms with Crippen molar-refractivity contribution in [2.45, 2.75) is 0 Å². The summed E-state index contributed by atoms with van der Waals surface area (Å²) >= 11 is 4.96. The molecule has 10 heavy (non-hydrogen) atoms. The summed E-state index contributed by atoms with van der Waals surface area (Å²) in [6, 6.07) is 1.74. The van der Waals surface area contributed by atoms with Crippen molar-refractivity contribution in [1.82, 2.24) is 19.6 Å². The Labute approximate surface area is 61.5 Å². The van der Waals surface area contributed by atoms with E-state index in [0.717, 1.165) is 0 Å². The Kier molecular flexibility index (Phi) is 1.04. The SMILES string of the molecule is S=c1ccnc2nc[nH]n12. The van der Waals surface area contributed by atoms with E-state index in [1.165, 1.54) is 0 Å². The molecular formula is C5H4N4S. The van der Waals surface area contributed by atoms with E-state index in [0.29, 0.717) is 10.4 Å². The maximum absolute atomic E-state index is 4.96. The van der Waals surface area contributed by atoms with Gasteiger partial charge in [-0.2, -0.15) is 0 Å². The van der Waals surface area contributed by atoms with E-state index in [1.807, 2.05) is 0 Å². The van der Waals surface area contributed by atoms with E-state index in [1.54, 1.807) is 23.1 Å². The van der Waals surface area contributed by atoms with E-state index in [9.17, 15) is 0 Å². The van der Waals surface area contributed by atoms with Crippen LogP contribution in [0.25, 0.3) is 5.78 Å². The summed E-state index contributed by atoms with van der Waals surface area (Å²) in [4.78, 5) is 7.87. The summed E-state index contributed by atoms with van der Waals surface area (Å²) < 4.78 is 2.32. The highest BCUT2D eigenvalue weighted by molar-refractivity contribution is 7.71. The zero-order valence-corrected chi connectivity index (χ0v) is 5.80. The number of nitrogens with one attached hydrogen (secondary N) is 1.